The molecule has 1 fully saturated rings. The van der Waals surface area contributed by atoms with E-state index in [1.54, 1.807) is 13.3 Å². The highest BCUT2D eigenvalue weighted by atomic mass is 16.5. The number of fused-ring (bicyclic) bond motifs is 2. The van der Waals surface area contributed by atoms with Crippen molar-refractivity contribution in [2.24, 2.45) is 5.92 Å². The number of nitrogens with zero attached hydrogens (tertiary/aromatic N) is 5. The third kappa shape index (κ3) is 4.69. The Bertz CT molecular complexity index is 1800. The second-order valence-corrected chi connectivity index (χ2v) is 10.4. The summed E-state index contributed by atoms with van der Waals surface area (Å²) in [5.74, 6) is 2.22. The van der Waals surface area contributed by atoms with Crippen molar-refractivity contribution in [1.82, 2.24) is 40.4 Å². The van der Waals surface area contributed by atoms with Crippen molar-refractivity contribution in [3.63, 3.8) is 0 Å². The molecule has 5 aromatic heterocycles. The summed E-state index contributed by atoms with van der Waals surface area (Å²) >= 11 is 0. The van der Waals surface area contributed by atoms with Crippen LogP contribution in [0.5, 0.6) is 5.75 Å². The topological polar surface area (TPSA) is 117 Å². The first-order chi connectivity index (χ1) is 19.7. The fourth-order valence-corrected chi connectivity index (χ4v) is 5.63. The van der Waals surface area contributed by atoms with Gasteiger partial charge in [-0.3, -0.25) is 15.1 Å². The predicted molar refractivity (Wildman–Crippen MR) is 156 cm³/mol. The van der Waals surface area contributed by atoms with Crippen LogP contribution in [0.25, 0.3) is 56.0 Å². The highest BCUT2D eigenvalue weighted by molar-refractivity contribution is 5.95. The summed E-state index contributed by atoms with van der Waals surface area (Å²) in [7, 11) is 1.66. The van der Waals surface area contributed by atoms with Crippen LogP contribution in [0.4, 0.5) is 0 Å². The summed E-state index contributed by atoms with van der Waals surface area (Å²) < 4.78 is 5.42. The molecule has 0 bridgehead atoms. The molecular formula is C31H30N8O. The van der Waals surface area contributed by atoms with Crippen molar-refractivity contribution < 1.29 is 4.74 Å². The summed E-state index contributed by atoms with van der Waals surface area (Å²) in [6.07, 6.45) is 12.8. The molecule has 0 amide bonds. The first kappa shape index (κ1) is 24.4. The van der Waals surface area contributed by atoms with E-state index in [2.05, 4.69) is 36.5 Å². The molecule has 0 saturated heterocycles. The zero-order valence-corrected chi connectivity index (χ0v) is 22.3. The minimum atomic E-state index is 0.631. The third-order valence-corrected chi connectivity index (χ3v) is 7.73. The van der Waals surface area contributed by atoms with Gasteiger partial charge in [0.05, 0.1) is 35.6 Å². The van der Waals surface area contributed by atoms with Crippen molar-refractivity contribution in [3.05, 3.63) is 72.8 Å². The molecule has 3 N–H and O–H groups in total. The van der Waals surface area contributed by atoms with Crippen molar-refractivity contribution in [1.29, 1.82) is 0 Å². The molecule has 0 radical (unpaired) electrons. The molecule has 40 heavy (non-hydrogen) atoms. The zero-order chi connectivity index (χ0) is 26.9. The first-order valence-corrected chi connectivity index (χ1v) is 13.7. The second kappa shape index (κ2) is 10.5. The number of pyridine rings is 3. The molecule has 1 saturated carbocycles. The van der Waals surface area contributed by atoms with Crippen molar-refractivity contribution in [2.75, 3.05) is 13.7 Å². The normalized spacial score (nSPS) is 13.9. The van der Waals surface area contributed by atoms with Gasteiger partial charge in [-0.15, -0.1) is 0 Å². The lowest BCUT2D eigenvalue weighted by Crippen LogP contribution is -2.20. The maximum Gasteiger partial charge on any atom is 0.161 e. The smallest absolute Gasteiger partial charge is 0.161 e. The van der Waals surface area contributed by atoms with E-state index < -0.39 is 0 Å². The quantitative estimate of drug-likeness (QED) is 0.224. The Morgan fingerprint density at radius 3 is 2.70 bits per heavy atom. The number of methoxy groups -OCH3 is 1. The van der Waals surface area contributed by atoms with Gasteiger partial charge in [0.15, 0.2) is 11.5 Å². The van der Waals surface area contributed by atoms with E-state index in [0.717, 1.165) is 74.8 Å². The van der Waals surface area contributed by atoms with E-state index in [1.807, 2.05) is 55.0 Å². The second-order valence-electron chi connectivity index (χ2n) is 10.4. The first-order valence-electron chi connectivity index (χ1n) is 13.7. The van der Waals surface area contributed by atoms with Crippen LogP contribution in [0.15, 0.2) is 67.3 Å². The van der Waals surface area contributed by atoms with Gasteiger partial charge < -0.3 is 15.0 Å². The van der Waals surface area contributed by atoms with Crippen LogP contribution in [-0.4, -0.2) is 48.8 Å². The van der Waals surface area contributed by atoms with Crippen molar-refractivity contribution in [2.45, 2.75) is 32.2 Å². The number of ether oxygens (including phenoxy) is 1. The third-order valence-electron chi connectivity index (χ3n) is 7.73. The number of imidazole rings is 1. The van der Waals surface area contributed by atoms with Gasteiger partial charge in [0.2, 0.25) is 0 Å². The molecule has 0 spiro atoms. The predicted octanol–water partition coefficient (Wildman–Crippen LogP) is 5.91. The Kier molecular flexibility index (Phi) is 6.41. The lowest BCUT2D eigenvalue weighted by molar-refractivity contribution is 0.415. The highest BCUT2D eigenvalue weighted by Gasteiger charge is 2.18. The summed E-state index contributed by atoms with van der Waals surface area (Å²) in [4.78, 5) is 22.3. The Morgan fingerprint density at radius 2 is 1.80 bits per heavy atom. The lowest BCUT2D eigenvalue weighted by atomic mass is 10.1. The summed E-state index contributed by atoms with van der Waals surface area (Å²) in [6.45, 7) is 1.87. The van der Waals surface area contributed by atoms with E-state index in [4.69, 9.17) is 14.7 Å². The molecule has 0 unspecified atom stereocenters. The van der Waals surface area contributed by atoms with Crippen LogP contribution >= 0.6 is 0 Å². The molecule has 1 aliphatic rings. The molecule has 6 aromatic rings. The molecule has 1 aliphatic carbocycles. The van der Waals surface area contributed by atoms with E-state index in [0.29, 0.717) is 11.5 Å². The monoisotopic (exact) mass is 530 g/mol. The van der Waals surface area contributed by atoms with Crippen molar-refractivity contribution >= 4 is 22.1 Å². The number of rotatable bonds is 8. The average Bonchev–Trinajstić information content (AvgIpc) is 3.76. The lowest BCUT2D eigenvalue weighted by Gasteiger charge is -2.11. The van der Waals surface area contributed by atoms with Gasteiger partial charge in [0.25, 0.3) is 0 Å². The van der Waals surface area contributed by atoms with Crippen LogP contribution in [-0.2, 0) is 6.54 Å². The fourth-order valence-electron chi connectivity index (χ4n) is 5.63. The molecule has 200 valence electrons. The number of nitrogens with one attached hydrogen (secondary N) is 3. The summed E-state index contributed by atoms with van der Waals surface area (Å²) in [5.41, 5.74) is 8.75. The fraction of sp³-hybridized carbons (Fsp3) is 0.258. The standard InChI is InChI=1S/C31H30N8O/c1-40-23-8-4-7-21(12-23)24-17-34-18-27-28(24)37-31(36-27)30-29-26(38-39-30)10-9-25(35-29)22-11-20(15-33-16-22)14-32-13-19-5-2-3-6-19/h4,7-12,15-19,32H,2-3,5-6,13-14H2,1H3,(H,36,37)(H,38,39). The maximum absolute atomic E-state index is 5.42. The van der Waals surface area contributed by atoms with Crippen LogP contribution in [0.2, 0.25) is 0 Å². The number of aromatic nitrogens is 7. The summed E-state index contributed by atoms with van der Waals surface area (Å²) in [5, 5.41) is 11.3. The molecule has 5 heterocycles. The number of benzene rings is 1. The van der Waals surface area contributed by atoms with E-state index in [9.17, 15) is 0 Å². The Hall–Kier alpha value is -4.63. The minimum Gasteiger partial charge on any atom is -0.497 e. The Labute approximate surface area is 231 Å². The number of H-pyrrole nitrogens is 2. The van der Waals surface area contributed by atoms with Crippen LogP contribution in [0.3, 0.4) is 0 Å². The van der Waals surface area contributed by atoms with E-state index in [1.165, 1.54) is 25.7 Å². The van der Waals surface area contributed by atoms with Gasteiger partial charge in [0, 0.05) is 36.3 Å². The molecule has 7 rings (SSSR count). The summed E-state index contributed by atoms with van der Waals surface area (Å²) in [6, 6.07) is 14.1. The van der Waals surface area contributed by atoms with E-state index >= 15 is 0 Å². The average molecular weight is 531 g/mol. The van der Waals surface area contributed by atoms with E-state index in [-0.39, 0.29) is 0 Å². The molecule has 1 aromatic carbocycles. The Morgan fingerprint density at radius 1 is 0.900 bits per heavy atom. The number of aromatic amines is 2. The van der Waals surface area contributed by atoms with Crippen molar-refractivity contribution in [3.8, 4) is 39.7 Å². The van der Waals surface area contributed by atoms with Gasteiger partial charge >= 0.3 is 0 Å². The number of hydrogen-bond acceptors (Lipinski definition) is 7. The largest absolute Gasteiger partial charge is 0.497 e. The molecule has 0 atom stereocenters. The van der Waals surface area contributed by atoms with Crippen LogP contribution in [0.1, 0.15) is 31.2 Å². The maximum atomic E-state index is 5.42. The SMILES string of the molecule is COc1cccc(-c2cncc3[nH]c(-c4n[nH]c5ccc(-c6cncc(CNCC7CCCC7)c6)nc45)nc23)c1. The molecule has 9 nitrogen and oxygen atoms in total. The van der Waals surface area contributed by atoms with Gasteiger partial charge in [-0.25, -0.2) is 9.97 Å². The Balaban J connectivity index is 1.20. The van der Waals surface area contributed by atoms with Crippen LogP contribution in [0, 0.1) is 5.92 Å². The van der Waals surface area contributed by atoms with Gasteiger partial charge in [0.1, 0.15) is 11.3 Å². The van der Waals surface area contributed by atoms with Gasteiger partial charge in [-0.1, -0.05) is 25.0 Å². The van der Waals surface area contributed by atoms with Crippen LogP contribution < -0.4 is 10.1 Å². The molecular weight excluding hydrogens is 500 g/mol. The highest BCUT2D eigenvalue weighted by Crippen LogP contribution is 2.32. The van der Waals surface area contributed by atoms with Gasteiger partial charge in [-0.2, -0.15) is 5.10 Å². The molecule has 9 heteroatoms. The minimum absolute atomic E-state index is 0.631. The molecule has 0 aliphatic heterocycles. The number of hydrogen-bond donors (Lipinski definition) is 3. The van der Waals surface area contributed by atoms with Gasteiger partial charge in [-0.05, 0) is 66.8 Å². The zero-order valence-electron chi connectivity index (χ0n) is 22.3.